The molecule has 0 radical (unpaired) electrons. The summed E-state index contributed by atoms with van der Waals surface area (Å²) in [6, 6.07) is 1.29. The molecule has 0 aromatic heterocycles. The van der Waals surface area contributed by atoms with Crippen LogP contribution in [0.15, 0.2) is 12.1 Å². The number of nitrogens with one attached hydrogen (secondary N) is 1. The first-order valence-corrected chi connectivity index (χ1v) is 5.63. The molecule has 1 aromatic rings. The second kappa shape index (κ2) is 7.39. The lowest BCUT2D eigenvalue weighted by molar-refractivity contribution is -0.124. The summed E-state index contributed by atoms with van der Waals surface area (Å²) in [6.45, 7) is 0.0248. The van der Waals surface area contributed by atoms with Crippen molar-refractivity contribution in [3.63, 3.8) is 0 Å². The number of rotatable bonds is 6. The molecule has 0 bridgehead atoms. The van der Waals surface area contributed by atoms with E-state index >= 15 is 0 Å². The molecule has 0 aliphatic carbocycles. The summed E-state index contributed by atoms with van der Waals surface area (Å²) in [4.78, 5) is 22.8. The standard InChI is InChI=1S/C12H14F2N2O4/c1-19-3-2-16-11(17)6-20-12(18)7-4-8(13)9(14)5-10(7)15/h4-5H,2-3,6,15H2,1H3,(H,16,17). The molecule has 0 heterocycles. The van der Waals surface area contributed by atoms with Gasteiger partial charge in [0.25, 0.3) is 5.91 Å². The van der Waals surface area contributed by atoms with Crippen LogP contribution in [-0.4, -0.2) is 38.7 Å². The van der Waals surface area contributed by atoms with Crippen molar-refractivity contribution in [1.82, 2.24) is 5.32 Å². The van der Waals surface area contributed by atoms with Gasteiger partial charge in [-0.2, -0.15) is 0 Å². The van der Waals surface area contributed by atoms with Gasteiger partial charge in [0.15, 0.2) is 18.2 Å². The number of ether oxygens (including phenoxy) is 2. The highest BCUT2D eigenvalue weighted by atomic mass is 19.2. The van der Waals surface area contributed by atoms with Gasteiger partial charge in [0, 0.05) is 25.4 Å². The number of methoxy groups -OCH3 is 1. The summed E-state index contributed by atoms with van der Waals surface area (Å²) in [5.41, 5.74) is 4.76. The first-order chi connectivity index (χ1) is 9.45. The number of anilines is 1. The van der Waals surface area contributed by atoms with E-state index in [1.807, 2.05) is 0 Å². The lowest BCUT2D eigenvalue weighted by atomic mass is 10.1. The summed E-state index contributed by atoms with van der Waals surface area (Å²) in [5.74, 6) is -3.95. The number of nitrogen functional groups attached to an aromatic ring is 1. The number of carbonyl (C=O) groups is 2. The zero-order valence-electron chi connectivity index (χ0n) is 10.7. The third kappa shape index (κ3) is 4.47. The van der Waals surface area contributed by atoms with Crippen LogP contribution in [0.25, 0.3) is 0 Å². The minimum atomic E-state index is -1.23. The van der Waals surface area contributed by atoms with E-state index in [1.165, 1.54) is 7.11 Å². The maximum absolute atomic E-state index is 13.0. The number of carbonyl (C=O) groups excluding carboxylic acids is 2. The molecule has 0 spiro atoms. The van der Waals surface area contributed by atoms with Crippen LogP contribution < -0.4 is 11.1 Å². The van der Waals surface area contributed by atoms with Crippen molar-refractivity contribution in [3.05, 3.63) is 29.3 Å². The highest BCUT2D eigenvalue weighted by molar-refractivity contribution is 5.96. The Morgan fingerprint density at radius 2 is 1.95 bits per heavy atom. The lowest BCUT2D eigenvalue weighted by Crippen LogP contribution is -2.31. The monoisotopic (exact) mass is 288 g/mol. The zero-order chi connectivity index (χ0) is 15.1. The highest BCUT2D eigenvalue weighted by Gasteiger charge is 2.16. The van der Waals surface area contributed by atoms with Crippen LogP contribution in [0, 0.1) is 11.6 Å². The largest absolute Gasteiger partial charge is 0.452 e. The van der Waals surface area contributed by atoms with E-state index in [9.17, 15) is 18.4 Å². The first kappa shape index (κ1) is 15.8. The van der Waals surface area contributed by atoms with Gasteiger partial charge in [-0.1, -0.05) is 0 Å². The second-order valence-electron chi connectivity index (χ2n) is 3.77. The van der Waals surface area contributed by atoms with Gasteiger partial charge in [-0.25, -0.2) is 13.6 Å². The van der Waals surface area contributed by atoms with E-state index in [0.717, 1.165) is 0 Å². The molecule has 8 heteroatoms. The van der Waals surface area contributed by atoms with Gasteiger partial charge < -0.3 is 20.5 Å². The molecule has 0 atom stereocenters. The average Bonchev–Trinajstić information content (AvgIpc) is 2.40. The Balaban J connectivity index is 2.55. The minimum absolute atomic E-state index is 0.264. The molecular formula is C12H14F2N2O4. The smallest absolute Gasteiger partial charge is 0.340 e. The van der Waals surface area contributed by atoms with Crippen LogP contribution in [0.5, 0.6) is 0 Å². The fraction of sp³-hybridized carbons (Fsp3) is 0.333. The van der Waals surface area contributed by atoms with Crippen molar-refractivity contribution in [1.29, 1.82) is 0 Å². The number of nitrogens with two attached hydrogens (primary N) is 1. The highest BCUT2D eigenvalue weighted by Crippen LogP contribution is 2.17. The number of benzene rings is 1. The predicted molar refractivity (Wildman–Crippen MR) is 65.9 cm³/mol. The molecule has 1 amide bonds. The molecule has 1 aromatic carbocycles. The third-order valence-electron chi connectivity index (χ3n) is 2.28. The van der Waals surface area contributed by atoms with E-state index < -0.39 is 30.1 Å². The SMILES string of the molecule is COCCNC(=O)COC(=O)c1cc(F)c(F)cc1N. The molecular weight excluding hydrogens is 274 g/mol. The Labute approximate surface area is 113 Å². The summed E-state index contributed by atoms with van der Waals surface area (Å²) in [6.07, 6.45) is 0. The summed E-state index contributed by atoms with van der Waals surface area (Å²) in [7, 11) is 1.47. The van der Waals surface area contributed by atoms with Crippen molar-refractivity contribution >= 4 is 17.6 Å². The molecule has 0 aliphatic heterocycles. The fourth-order valence-electron chi connectivity index (χ4n) is 1.29. The van der Waals surface area contributed by atoms with Gasteiger partial charge in [0.2, 0.25) is 0 Å². The molecule has 1 rings (SSSR count). The van der Waals surface area contributed by atoms with Gasteiger partial charge in [0.1, 0.15) is 0 Å². The molecule has 110 valence electrons. The van der Waals surface area contributed by atoms with Crippen molar-refractivity contribution in [2.45, 2.75) is 0 Å². The van der Waals surface area contributed by atoms with Gasteiger partial charge in [-0.05, 0) is 6.07 Å². The van der Waals surface area contributed by atoms with Crippen molar-refractivity contribution < 1.29 is 27.8 Å². The molecule has 0 saturated carbocycles. The predicted octanol–water partition coefficient (Wildman–Crippen LogP) is 0.466. The van der Waals surface area contributed by atoms with Crippen LogP contribution in [0.3, 0.4) is 0 Å². The minimum Gasteiger partial charge on any atom is -0.452 e. The van der Waals surface area contributed by atoms with E-state index in [1.54, 1.807) is 0 Å². The Morgan fingerprint density at radius 3 is 2.60 bits per heavy atom. The van der Waals surface area contributed by atoms with Crippen LogP contribution in [0.4, 0.5) is 14.5 Å². The van der Waals surface area contributed by atoms with Crippen LogP contribution in [0.1, 0.15) is 10.4 Å². The first-order valence-electron chi connectivity index (χ1n) is 5.63. The lowest BCUT2D eigenvalue weighted by Gasteiger charge is -2.08. The van der Waals surface area contributed by atoms with Gasteiger partial charge in [-0.15, -0.1) is 0 Å². The van der Waals surface area contributed by atoms with Crippen molar-refractivity contribution in [2.75, 3.05) is 32.6 Å². The normalized spacial score (nSPS) is 10.2. The molecule has 0 aliphatic rings. The fourth-order valence-corrected chi connectivity index (χ4v) is 1.29. The average molecular weight is 288 g/mol. The molecule has 3 N–H and O–H groups in total. The van der Waals surface area contributed by atoms with E-state index in [4.69, 9.17) is 10.5 Å². The number of amides is 1. The number of halogens is 2. The molecule has 0 fully saturated rings. The Kier molecular flexibility index (Phi) is 5.85. The van der Waals surface area contributed by atoms with E-state index in [2.05, 4.69) is 10.1 Å². The molecule has 0 unspecified atom stereocenters. The maximum atomic E-state index is 13.0. The Bertz CT molecular complexity index is 508. The molecule has 0 saturated heterocycles. The van der Waals surface area contributed by atoms with Gasteiger partial charge in [-0.3, -0.25) is 4.79 Å². The van der Waals surface area contributed by atoms with Crippen molar-refractivity contribution in [3.8, 4) is 0 Å². The Hall–Kier alpha value is -2.22. The van der Waals surface area contributed by atoms with Crippen LogP contribution >= 0.6 is 0 Å². The Morgan fingerprint density at radius 1 is 1.30 bits per heavy atom. The zero-order valence-corrected chi connectivity index (χ0v) is 10.7. The maximum Gasteiger partial charge on any atom is 0.340 e. The van der Waals surface area contributed by atoms with Crippen molar-refractivity contribution in [2.24, 2.45) is 0 Å². The summed E-state index contributed by atoms with van der Waals surface area (Å²) >= 11 is 0. The number of hydrogen-bond acceptors (Lipinski definition) is 5. The number of hydrogen-bond donors (Lipinski definition) is 2. The van der Waals surface area contributed by atoms with Gasteiger partial charge >= 0.3 is 5.97 Å². The van der Waals surface area contributed by atoms with Gasteiger partial charge in [0.05, 0.1) is 12.2 Å². The number of esters is 1. The van der Waals surface area contributed by atoms with Crippen LogP contribution in [0.2, 0.25) is 0 Å². The second-order valence-corrected chi connectivity index (χ2v) is 3.77. The quantitative estimate of drug-likeness (QED) is 0.451. The van der Waals surface area contributed by atoms with Crippen LogP contribution in [-0.2, 0) is 14.3 Å². The topological polar surface area (TPSA) is 90.6 Å². The summed E-state index contributed by atoms with van der Waals surface area (Å²) in [5, 5.41) is 2.42. The van der Waals surface area contributed by atoms with E-state index in [0.29, 0.717) is 18.7 Å². The van der Waals surface area contributed by atoms with E-state index in [-0.39, 0.29) is 17.8 Å². The third-order valence-corrected chi connectivity index (χ3v) is 2.28. The molecule has 6 nitrogen and oxygen atoms in total. The summed E-state index contributed by atoms with van der Waals surface area (Å²) < 4.78 is 35.2. The molecule has 20 heavy (non-hydrogen) atoms.